The van der Waals surface area contributed by atoms with E-state index in [4.69, 9.17) is 4.74 Å². The van der Waals surface area contributed by atoms with E-state index in [9.17, 15) is 13.2 Å². The minimum absolute atomic E-state index is 0.104. The van der Waals surface area contributed by atoms with Gasteiger partial charge >= 0.3 is 0 Å². The van der Waals surface area contributed by atoms with Crippen LogP contribution in [-0.2, 0) is 21.4 Å². The maximum absolute atomic E-state index is 13.2. The van der Waals surface area contributed by atoms with E-state index in [0.29, 0.717) is 25.9 Å². The number of hydrogen-bond donors (Lipinski definition) is 1. The van der Waals surface area contributed by atoms with Gasteiger partial charge in [-0.15, -0.1) is 0 Å². The van der Waals surface area contributed by atoms with Gasteiger partial charge in [-0.1, -0.05) is 36.4 Å². The molecule has 0 aromatic heterocycles. The number of nitrogens with zero attached hydrogens (tertiary/aromatic N) is 1. The third-order valence-electron chi connectivity index (χ3n) is 4.72. The predicted molar refractivity (Wildman–Crippen MR) is 103 cm³/mol. The molecule has 1 N–H and O–H groups in total. The van der Waals surface area contributed by atoms with Gasteiger partial charge in [0.1, 0.15) is 16.7 Å². The zero-order valence-corrected chi connectivity index (χ0v) is 16.3. The molecule has 0 bridgehead atoms. The first-order chi connectivity index (χ1) is 12.9. The largest absolute Gasteiger partial charge is 0.495 e. The number of nitrogens with one attached hydrogen (secondary N) is 1. The maximum atomic E-state index is 13.2. The van der Waals surface area contributed by atoms with Gasteiger partial charge in [0.15, 0.2) is 0 Å². The third-order valence-corrected chi connectivity index (χ3v) is 6.65. The van der Waals surface area contributed by atoms with Crippen molar-refractivity contribution >= 4 is 15.9 Å². The normalized spacial score (nSPS) is 17.6. The highest BCUT2D eigenvalue weighted by atomic mass is 32.2. The number of sulfonamides is 1. The number of ether oxygens (including phenoxy) is 1. The summed E-state index contributed by atoms with van der Waals surface area (Å²) in [6.45, 7) is 2.52. The van der Waals surface area contributed by atoms with Gasteiger partial charge in [0.25, 0.3) is 0 Å². The number of methoxy groups -OCH3 is 1. The van der Waals surface area contributed by atoms with E-state index in [2.05, 4.69) is 5.32 Å². The zero-order chi connectivity index (χ0) is 19.4. The summed E-state index contributed by atoms with van der Waals surface area (Å²) in [6, 6.07) is 13.9. The van der Waals surface area contributed by atoms with Crippen LogP contribution in [0.15, 0.2) is 53.4 Å². The fraction of sp³-hybridized carbons (Fsp3) is 0.350. The number of carbonyl (C=O) groups is 1. The van der Waals surface area contributed by atoms with Gasteiger partial charge < -0.3 is 10.1 Å². The molecule has 1 heterocycles. The number of rotatable bonds is 6. The van der Waals surface area contributed by atoms with E-state index >= 15 is 0 Å². The zero-order valence-electron chi connectivity index (χ0n) is 15.5. The van der Waals surface area contributed by atoms with Crippen molar-refractivity contribution in [1.29, 1.82) is 0 Å². The lowest BCUT2D eigenvalue weighted by Gasteiger charge is -2.24. The van der Waals surface area contributed by atoms with Crippen molar-refractivity contribution in [3.05, 3.63) is 59.7 Å². The molecular formula is C20H24N2O4S. The Bertz CT molecular complexity index is 913. The van der Waals surface area contributed by atoms with Crippen LogP contribution in [0, 0.1) is 6.92 Å². The summed E-state index contributed by atoms with van der Waals surface area (Å²) in [6.07, 6.45) is 1.16. The summed E-state index contributed by atoms with van der Waals surface area (Å²) < 4.78 is 33.0. The molecule has 6 nitrogen and oxygen atoms in total. The monoisotopic (exact) mass is 388 g/mol. The molecule has 7 heteroatoms. The molecule has 0 radical (unpaired) electrons. The molecule has 0 unspecified atom stereocenters. The molecule has 1 aliphatic heterocycles. The average Bonchev–Trinajstić information content (AvgIpc) is 3.18. The quantitative estimate of drug-likeness (QED) is 0.825. The first kappa shape index (κ1) is 19.4. The van der Waals surface area contributed by atoms with Gasteiger partial charge in [0.2, 0.25) is 15.9 Å². The molecule has 2 aromatic carbocycles. The van der Waals surface area contributed by atoms with E-state index in [0.717, 1.165) is 11.1 Å². The molecule has 1 aliphatic rings. The highest BCUT2D eigenvalue weighted by Gasteiger charge is 2.40. The molecular weight excluding hydrogens is 364 g/mol. The second kappa shape index (κ2) is 8.10. The van der Waals surface area contributed by atoms with Crippen LogP contribution >= 0.6 is 0 Å². The molecule has 0 spiro atoms. The van der Waals surface area contributed by atoms with Gasteiger partial charge in [0.05, 0.1) is 7.11 Å². The summed E-state index contributed by atoms with van der Waals surface area (Å²) >= 11 is 0. The minimum atomic E-state index is -3.83. The standard InChI is InChI=1S/C20H24N2O4S/c1-15-10-11-18(26-2)19(13-15)27(24,25)22-12-6-9-17(22)20(23)21-14-16-7-4-3-5-8-16/h3-5,7-8,10-11,13,17H,6,9,12,14H2,1-2H3,(H,21,23)/t17-/m1/s1. The number of hydrogen-bond acceptors (Lipinski definition) is 4. The Morgan fingerprint density at radius 3 is 2.67 bits per heavy atom. The van der Waals surface area contributed by atoms with Gasteiger partial charge in [-0.2, -0.15) is 4.31 Å². The Kier molecular flexibility index (Phi) is 5.82. The van der Waals surface area contributed by atoms with Crippen molar-refractivity contribution in [2.75, 3.05) is 13.7 Å². The minimum Gasteiger partial charge on any atom is -0.495 e. The molecule has 0 saturated carbocycles. The van der Waals surface area contributed by atoms with Crippen LogP contribution in [0.4, 0.5) is 0 Å². The summed E-state index contributed by atoms with van der Waals surface area (Å²) in [5, 5.41) is 2.86. The Balaban J connectivity index is 1.81. The Morgan fingerprint density at radius 2 is 1.96 bits per heavy atom. The molecule has 1 fully saturated rings. The average molecular weight is 388 g/mol. The number of aryl methyl sites for hydroxylation is 1. The van der Waals surface area contributed by atoms with Crippen molar-refractivity contribution in [3.63, 3.8) is 0 Å². The van der Waals surface area contributed by atoms with Crippen molar-refractivity contribution in [2.24, 2.45) is 0 Å². The molecule has 27 heavy (non-hydrogen) atoms. The summed E-state index contributed by atoms with van der Waals surface area (Å²) in [7, 11) is -2.39. The van der Waals surface area contributed by atoms with Gasteiger partial charge in [-0.25, -0.2) is 8.42 Å². The van der Waals surface area contributed by atoms with E-state index < -0.39 is 16.1 Å². The highest BCUT2D eigenvalue weighted by Crippen LogP contribution is 2.32. The van der Waals surface area contributed by atoms with E-state index in [-0.39, 0.29) is 16.6 Å². The van der Waals surface area contributed by atoms with Crippen molar-refractivity contribution in [1.82, 2.24) is 9.62 Å². The summed E-state index contributed by atoms with van der Waals surface area (Å²) in [5.74, 6) is 0.0162. The van der Waals surface area contributed by atoms with E-state index in [1.54, 1.807) is 18.2 Å². The van der Waals surface area contributed by atoms with Crippen molar-refractivity contribution in [3.8, 4) is 5.75 Å². The number of carbonyl (C=O) groups excluding carboxylic acids is 1. The fourth-order valence-corrected chi connectivity index (χ4v) is 5.20. The van der Waals surface area contributed by atoms with Crippen LogP contribution in [0.2, 0.25) is 0 Å². The lowest BCUT2D eigenvalue weighted by Crippen LogP contribution is -2.45. The van der Waals surface area contributed by atoms with Crippen LogP contribution in [0.1, 0.15) is 24.0 Å². The van der Waals surface area contributed by atoms with E-state index in [1.165, 1.54) is 11.4 Å². The smallest absolute Gasteiger partial charge is 0.247 e. The molecule has 2 aromatic rings. The van der Waals surface area contributed by atoms with Crippen molar-refractivity contribution in [2.45, 2.75) is 37.2 Å². The second-order valence-corrected chi connectivity index (χ2v) is 8.49. The highest BCUT2D eigenvalue weighted by molar-refractivity contribution is 7.89. The Hall–Kier alpha value is -2.38. The van der Waals surface area contributed by atoms with Gasteiger partial charge in [-0.3, -0.25) is 4.79 Å². The van der Waals surface area contributed by atoms with Crippen LogP contribution in [0.5, 0.6) is 5.75 Å². The van der Waals surface area contributed by atoms with Crippen molar-refractivity contribution < 1.29 is 17.9 Å². The lowest BCUT2D eigenvalue weighted by atomic mass is 10.2. The number of benzene rings is 2. The SMILES string of the molecule is COc1ccc(C)cc1S(=O)(=O)N1CCC[C@@H]1C(=O)NCc1ccccc1. The maximum Gasteiger partial charge on any atom is 0.247 e. The fourth-order valence-electron chi connectivity index (χ4n) is 3.30. The topological polar surface area (TPSA) is 75.7 Å². The summed E-state index contributed by atoms with van der Waals surface area (Å²) in [5.41, 5.74) is 1.79. The molecule has 3 rings (SSSR count). The molecule has 1 saturated heterocycles. The number of amides is 1. The van der Waals surface area contributed by atoms with E-state index in [1.807, 2.05) is 37.3 Å². The van der Waals surface area contributed by atoms with Gasteiger partial charge in [-0.05, 0) is 43.0 Å². The first-order valence-corrected chi connectivity index (χ1v) is 10.4. The Morgan fingerprint density at radius 1 is 1.22 bits per heavy atom. The Labute approximate surface area is 160 Å². The third kappa shape index (κ3) is 4.14. The second-order valence-electron chi connectivity index (χ2n) is 6.63. The lowest BCUT2D eigenvalue weighted by molar-refractivity contribution is -0.124. The van der Waals surface area contributed by atoms with Crippen LogP contribution in [0.25, 0.3) is 0 Å². The molecule has 144 valence electrons. The molecule has 1 amide bonds. The predicted octanol–water partition coefficient (Wildman–Crippen LogP) is 2.47. The van der Waals surface area contributed by atoms with Crippen LogP contribution in [0.3, 0.4) is 0 Å². The molecule has 0 aliphatic carbocycles. The first-order valence-electron chi connectivity index (χ1n) is 8.91. The van der Waals surface area contributed by atoms with Crippen LogP contribution in [-0.4, -0.2) is 38.3 Å². The van der Waals surface area contributed by atoms with Gasteiger partial charge in [0, 0.05) is 13.1 Å². The van der Waals surface area contributed by atoms with Crippen LogP contribution < -0.4 is 10.1 Å². The molecule has 1 atom stereocenters. The summed E-state index contributed by atoms with van der Waals surface area (Å²) in [4.78, 5) is 12.8.